The molecule has 10 nitrogen and oxygen atoms in total. The molecule has 49 heavy (non-hydrogen) atoms. The zero-order valence-corrected chi connectivity index (χ0v) is 30.4. The van der Waals surface area contributed by atoms with Gasteiger partial charge in [-0.25, -0.2) is 4.79 Å². The minimum atomic E-state index is -0.475. The van der Waals surface area contributed by atoms with Crippen molar-refractivity contribution in [3.05, 3.63) is 102 Å². The first-order valence-electron chi connectivity index (χ1n) is 15.8. The number of amides is 1. The molecule has 14 heteroatoms. The van der Waals surface area contributed by atoms with E-state index in [-0.39, 0.29) is 36.6 Å². The van der Waals surface area contributed by atoms with Crippen LogP contribution in [0.25, 0.3) is 11.0 Å². The summed E-state index contributed by atoms with van der Waals surface area (Å²) in [4.78, 5) is 48.2. The molecule has 1 atom stereocenters. The molecule has 1 fully saturated rings. The normalized spacial score (nSPS) is 15.0. The molecule has 2 heterocycles. The lowest BCUT2D eigenvalue weighted by Gasteiger charge is -2.34. The van der Waals surface area contributed by atoms with Crippen molar-refractivity contribution in [1.29, 1.82) is 0 Å². The van der Waals surface area contributed by atoms with Crippen molar-refractivity contribution in [2.45, 2.75) is 37.8 Å². The molecular formula is C35H37Cl4N5O5. The Hall–Kier alpha value is -3.54. The number of fused-ring (bicyclic) bond motifs is 1. The first-order chi connectivity index (χ1) is 23.5. The Kier molecular flexibility index (Phi) is 12.3. The highest BCUT2D eigenvalue weighted by Gasteiger charge is 2.29. The van der Waals surface area contributed by atoms with Gasteiger partial charge in [0.2, 0.25) is 0 Å². The summed E-state index contributed by atoms with van der Waals surface area (Å²) in [5, 5.41) is 5.97. The summed E-state index contributed by atoms with van der Waals surface area (Å²) >= 11 is 25.1. The van der Waals surface area contributed by atoms with Gasteiger partial charge >= 0.3 is 11.7 Å². The van der Waals surface area contributed by atoms with Gasteiger partial charge in [-0.3, -0.25) is 18.7 Å². The second-order valence-electron chi connectivity index (χ2n) is 12.0. The van der Waals surface area contributed by atoms with Gasteiger partial charge < -0.3 is 19.4 Å². The van der Waals surface area contributed by atoms with Crippen molar-refractivity contribution >= 4 is 75.0 Å². The number of oxime groups is 1. The summed E-state index contributed by atoms with van der Waals surface area (Å²) in [6, 6.07) is 17.7. The van der Waals surface area contributed by atoms with Crippen LogP contribution in [0.3, 0.4) is 0 Å². The van der Waals surface area contributed by atoms with Crippen LogP contribution in [0.15, 0.2) is 70.6 Å². The Labute approximate surface area is 304 Å². The average Bonchev–Trinajstić information content (AvgIpc) is 3.36. The van der Waals surface area contributed by atoms with E-state index in [4.69, 9.17) is 56.0 Å². The first kappa shape index (κ1) is 36.7. The van der Waals surface area contributed by atoms with Crippen LogP contribution in [0.5, 0.6) is 0 Å². The van der Waals surface area contributed by atoms with Gasteiger partial charge in [-0.2, -0.15) is 0 Å². The number of hydrogen-bond acceptors (Lipinski definition) is 7. The zero-order valence-electron chi connectivity index (χ0n) is 27.4. The van der Waals surface area contributed by atoms with Crippen LogP contribution in [-0.4, -0.2) is 84.0 Å². The summed E-state index contributed by atoms with van der Waals surface area (Å²) in [6.45, 7) is 2.25. The molecule has 0 saturated carbocycles. The summed E-state index contributed by atoms with van der Waals surface area (Å²) in [5.41, 5.74) is 3.16. The number of halogens is 4. The Morgan fingerprint density at radius 3 is 2.24 bits per heavy atom. The molecule has 1 aliphatic heterocycles. The van der Waals surface area contributed by atoms with Crippen molar-refractivity contribution in [3.63, 3.8) is 0 Å². The molecule has 0 bridgehead atoms. The Balaban J connectivity index is 1.33. The van der Waals surface area contributed by atoms with Gasteiger partial charge in [0.05, 0.1) is 40.4 Å². The molecule has 5 rings (SSSR count). The van der Waals surface area contributed by atoms with Crippen LogP contribution >= 0.6 is 46.4 Å². The molecule has 1 saturated heterocycles. The number of carbonyl (C=O) groups excluding carboxylic acids is 2. The molecule has 1 aromatic heterocycles. The highest BCUT2D eigenvalue weighted by atomic mass is 35.5. The lowest BCUT2D eigenvalue weighted by atomic mass is 9.89. The van der Waals surface area contributed by atoms with Crippen molar-refractivity contribution in [2.24, 2.45) is 5.16 Å². The average molecular weight is 750 g/mol. The molecule has 1 amide bonds. The fraction of sp³-hybridized carbons (Fsp3) is 0.371. The van der Waals surface area contributed by atoms with Gasteiger partial charge in [-0.15, -0.1) is 0 Å². The number of ether oxygens (including phenoxy) is 1. The Morgan fingerprint density at radius 1 is 0.939 bits per heavy atom. The van der Waals surface area contributed by atoms with Crippen LogP contribution in [0.2, 0.25) is 20.1 Å². The topological polar surface area (TPSA) is 98.4 Å². The predicted molar refractivity (Wildman–Crippen MR) is 195 cm³/mol. The molecule has 0 spiro atoms. The van der Waals surface area contributed by atoms with Gasteiger partial charge in [0, 0.05) is 47.7 Å². The number of methoxy groups -OCH3 is 1. The summed E-state index contributed by atoms with van der Waals surface area (Å²) < 4.78 is 8.14. The molecule has 1 aliphatic rings. The zero-order chi connectivity index (χ0) is 35.2. The third-order valence-corrected chi connectivity index (χ3v) is 10.0. The van der Waals surface area contributed by atoms with Crippen LogP contribution in [-0.2, 0) is 20.9 Å². The van der Waals surface area contributed by atoms with Gasteiger partial charge in [0.15, 0.2) is 0 Å². The molecule has 4 aromatic rings. The summed E-state index contributed by atoms with van der Waals surface area (Å²) in [7, 11) is 4.47. The van der Waals surface area contributed by atoms with Gasteiger partial charge in [-0.05, 0) is 73.8 Å². The van der Waals surface area contributed by atoms with Crippen molar-refractivity contribution in [3.8, 4) is 0 Å². The summed E-state index contributed by atoms with van der Waals surface area (Å²) in [5.74, 6) is -1.01. The number of esters is 1. The third-order valence-electron chi connectivity index (χ3n) is 8.85. The lowest BCUT2D eigenvalue weighted by Crippen LogP contribution is -2.40. The molecule has 0 radical (unpaired) electrons. The highest BCUT2D eigenvalue weighted by Crippen LogP contribution is 2.32. The maximum Gasteiger partial charge on any atom is 0.329 e. The first-order valence-corrected chi connectivity index (χ1v) is 17.3. The van der Waals surface area contributed by atoms with Crippen LogP contribution < -0.4 is 5.69 Å². The molecular weight excluding hydrogens is 712 g/mol. The monoisotopic (exact) mass is 747 g/mol. The number of aromatic nitrogens is 2. The number of nitrogens with zero attached hydrogens (tertiary/aromatic N) is 5. The largest absolute Gasteiger partial charge is 0.468 e. The minimum Gasteiger partial charge on any atom is -0.468 e. The van der Waals surface area contributed by atoms with Gasteiger partial charge in [-0.1, -0.05) is 69.8 Å². The summed E-state index contributed by atoms with van der Waals surface area (Å²) in [6.07, 6.45) is 2.15. The number of hydrogen-bond donors (Lipinski definition) is 0. The lowest BCUT2D eigenvalue weighted by molar-refractivity contribution is -0.141. The molecule has 3 aromatic carbocycles. The number of rotatable bonds is 12. The maximum absolute atomic E-state index is 13.6. The number of carbonyl (C=O) groups is 2. The van der Waals surface area contributed by atoms with E-state index in [0.717, 1.165) is 37.0 Å². The second-order valence-corrected chi connectivity index (χ2v) is 13.7. The van der Waals surface area contributed by atoms with E-state index in [9.17, 15) is 14.4 Å². The Morgan fingerprint density at radius 2 is 1.61 bits per heavy atom. The minimum absolute atomic E-state index is 0.0244. The molecule has 0 N–H and O–H groups in total. The molecule has 0 aliphatic carbocycles. The van der Waals surface area contributed by atoms with E-state index >= 15 is 0 Å². The molecule has 260 valence electrons. The standard InChI is InChI=1S/C35H37Cl4N5O5/c1-41(34(46)23-16-24(36)19-25(37)17-23)20-30(40-49-3)27(22-8-9-28(38)29(39)18-22)12-15-42-13-10-26(11-14-42)44-32-7-5-4-6-31(32)43(35(44)47)21-33(45)48-2/h4-9,16-19,26-27H,10-15,20-21H2,1-3H3/b40-30-/t27-/m1/s1. The van der Waals surface area contributed by atoms with Crippen LogP contribution in [0.4, 0.5) is 0 Å². The fourth-order valence-electron chi connectivity index (χ4n) is 6.43. The molecule has 0 unspecified atom stereocenters. The van der Waals surface area contributed by atoms with Crippen LogP contribution in [0, 0.1) is 0 Å². The quantitative estimate of drug-likeness (QED) is 0.0866. The van der Waals surface area contributed by atoms with Crippen molar-refractivity contribution in [2.75, 3.05) is 47.4 Å². The number of para-hydroxylation sites is 2. The number of piperidine rings is 1. The van der Waals surface area contributed by atoms with E-state index in [1.165, 1.54) is 18.8 Å². The highest BCUT2D eigenvalue weighted by molar-refractivity contribution is 6.42. The van der Waals surface area contributed by atoms with Crippen molar-refractivity contribution in [1.82, 2.24) is 18.9 Å². The van der Waals surface area contributed by atoms with E-state index in [1.807, 2.05) is 41.0 Å². The van der Waals surface area contributed by atoms with E-state index in [0.29, 0.717) is 49.8 Å². The van der Waals surface area contributed by atoms with E-state index in [2.05, 4.69) is 10.1 Å². The van der Waals surface area contributed by atoms with Gasteiger partial charge in [0.25, 0.3) is 5.91 Å². The van der Waals surface area contributed by atoms with Gasteiger partial charge in [0.1, 0.15) is 13.7 Å². The Bertz CT molecular complexity index is 1900. The smallest absolute Gasteiger partial charge is 0.329 e. The third kappa shape index (κ3) is 8.61. The maximum atomic E-state index is 13.6. The van der Waals surface area contributed by atoms with E-state index < -0.39 is 5.97 Å². The second kappa shape index (κ2) is 16.4. The van der Waals surface area contributed by atoms with Crippen LogP contribution in [0.1, 0.15) is 47.1 Å². The van der Waals surface area contributed by atoms with Crippen molar-refractivity contribution < 1.29 is 19.2 Å². The predicted octanol–water partition coefficient (Wildman–Crippen LogP) is 7.18. The fourth-order valence-corrected chi connectivity index (χ4v) is 7.26. The SMILES string of the molecule is CO/N=C(/CN(C)C(=O)c1cc(Cl)cc(Cl)c1)[C@H](CCN1CCC(n2c(=O)n(CC(=O)OC)c3ccccc32)CC1)c1ccc(Cl)c(Cl)c1. The number of likely N-dealkylation sites (tertiary alicyclic amines) is 1. The van der Waals surface area contributed by atoms with E-state index in [1.54, 1.807) is 36.2 Å². The number of benzene rings is 3. The number of imidazole rings is 1.